The van der Waals surface area contributed by atoms with Crippen molar-refractivity contribution in [3.63, 3.8) is 0 Å². The van der Waals surface area contributed by atoms with Gasteiger partial charge in [-0.25, -0.2) is 8.42 Å². The van der Waals surface area contributed by atoms with Crippen molar-refractivity contribution in [2.24, 2.45) is 0 Å². The van der Waals surface area contributed by atoms with Crippen LogP contribution < -0.4 is 9.46 Å². The van der Waals surface area contributed by atoms with Crippen LogP contribution in [0.5, 0.6) is 5.75 Å². The Balaban J connectivity index is 3.32. The summed E-state index contributed by atoms with van der Waals surface area (Å²) in [6, 6.07) is 1.70. The van der Waals surface area contributed by atoms with Crippen LogP contribution in [0.2, 0.25) is 0 Å². The summed E-state index contributed by atoms with van der Waals surface area (Å²) in [6.45, 7) is 1.49. The summed E-state index contributed by atoms with van der Waals surface area (Å²) < 4.78 is 31.2. The highest BCUT2D eigenvalue weighted by molar-refractivity contribution is 7.89. The van der Waals surface area contributed by atoms with E-state index in [0.717, 1.165) is 18.2 Å². The molecule has 0 saturated carbocycles. The molecule has 0 amide bonds. The van der Waals surface area contributed by atoms with Crippen molar-refractivity contribution in [1.82, 2.24) is 4.72 Å². The Labute approximate surface area is 120 Å². The first-order valence-electron chi connectivity index (χ1n) is 5.80. The number of aliphatic carboxylic acids is 1. The molecule has 1 aromatic carbocycles. The van der Waals surface area contributed by atoms with Gasteiger partial charge in [0.1, 0.15) is 16.7 Å². The van der Waals surface area contributed by atoms with E-state index in [1.165, 1.54) is 14.0 Å². The third kappa shape index (κ3) is 3.89. The lowest BCUT2D eigenvalue weighted by Gasteiger charge is -2.14. The van der Waals surface area contributed by atoms with Gasteiger partial charge >= 0.3 is 5.97 Å². The number of carbonyl (C=O) groups is 1. The zero-order valence-electron chi connectivity index (χ0n) is 11.3. The number of nitro groups is 1. The number of non-ortho nitro benzene ring substituents is 1. The number of nitrogens with zero attached hydrogens (tertiary/aromatic N) is 1. The molecule has 10 heteroatoms. The lowest BCUT2D eigenvalue weighted by atomic mass is 10.2. The summed E-state index contributed by atoms with van der Waals surface area (Å²) in [5, 5.41) is 19.6. The highest BCUT2D eigenvalue weighted by Crippen LogP contribution is 2.28. The first kappa shape index (κ1) is 16.9. The second kappa shape index (κ2) is 6.50. The number of hydrogen-bond donors (Lipinski definition) is 2. The Kier molecular flexibility index (Phi) is 5.22. The van der Waals surface area contributed by atoms with Crippen LogP contribution in [0.3, 0.4) is 0 Å². The number of sulfonamides is 1. The number of methoxy groups -OCH3 is 1. The normalized spacial score (nSPS) is 12.7. The number of hydrogen-bond acceptors (Lipinski definition) is 6. The van der Waals surface area contributed by atoms with Gasteiger partial charge in [-0.2, -0.15) is 4.72 Å². The van der Waals surface area contributed by atoms with Crippen LogP contribution in [-0.2, 0) is 14.8 Å². The van der Waals surface area contributed by atoms with Gasteiger partial charge in [0.2, 0.25) is 10.0 Å². The maximum atomic E-state index is 12.2. The summed E-state index contributed by atoms with van der Waals surface area (Å²) in [5.74, 6) is -1.46. The van der Waals surface area contributed by atoms with Crippen molar-refractivity contribution in [1.29, 1.82) is 0 Å². The van der Waals surface area contributed by atoms with E-state index in [2.05, 4.69) is 0 Å². The molecule has 0 bridgehead atoms. The molecule has 0 aliphatic carbocycles. The minimum absolute atomic E-state index is 0.0196. The van der Waals surface area contributed by atoms with Crippen molar-refractivity contribution in [3.05, 3.63) is 28.3 Å². The molecule has 0 aliphatic heterocycles. The Morgan fingerprint density at radius 2 is 2.14 bits per heavy atom. The third-order valence-electron chi connectivity index (χ3n) is 2.65. The molecule has 0 fully saturated rings. The smallest absolute Gasteiger partial charge is 0.321 e. The zero-order valence-corrected chi connectivity index (χ0v) is 12.1. The van der Waals surface area contributed by atoms with Crippen LogP contribution in [0.4, 0.5) is 5.69 Å². The predicted octanol–water partition coefficient (Wildman–Crippen LogP) is 0.745. The van der Waals surface area contributed by atoms with E-state index in [1.54, 1.807) is 0 Å². The van der Waals surface area contributed by atoms with E-state index in [9.17, 15) is 23.3 Å². The molecule has 1 aromatic rings. The molecule has 0 aromatic heterocycles. The van der Waals surface area contributed by atoms with Gasteiger partial charge in [0, 0.05) is 12.1 Å². The summed E-state index contributed by atoms with van der Waals surface area (Å²) >= 11 is 0. The van der Waals surface area contributed by atoms with Crippen molar-refractivity contribution < 1.29 is 28.0 Å². The fourth-order valence-electron chi connectivity index (χ4n) is 1.55. The van der Waals surface area contributed by atoms with E-state index in [0.29, 0.717) is 0 Å². The number of nitro benzene ring substituents is 1. The second-order valence-corrected chi connectivity index (χ2v) is 5.70. The summed E-state index contributed by atoms with van der Waals surface area (Å²) in [4.78, 5) is 20.4. The topological polar surface area (TPSA) is 136 Å². The van der Waals surface area contributed by atoms with Crippen LogP contribution >= 0.6 is 0 Å². The minimum atomic E-state index is -4.28. The van der Waals surface area contributed by atoms with Crippen molar-refractivity contribution in [2.45, 2.75) is 24.3 Å². The van der Waals surface area contributed by atoms with Crippen LogP contribution in [-0.4, -0.2) is 37.6 Å². The van der Waals surface area contributed by atoms with E-state index in [-0.39, 0.29) is 12.2 Å². The number of carboxylic acids is 1. The fourth-order valence-corrected chi connectivity index (χ4v) is 3.01. The van der Waals surface area contributed by atoms with Crippen molar-refractivity contribution >= 4 is 21.7 Å². The molecular weight excluding hydrogens is 304 g/mol. The molecule has 116 valence electrons. The molecule has 21 heavy (non-hydrogen) atoms. The Bertz CT molecular complexity index is 657. The number of ether oxygens (including phenoxy) is 1. The first-order valence-corrected chi connectivity index (χ1v) is 7.28. The molecule has 9 nitrogen and oxygen atoms in total. The highest BCUT2D eigenvalue weighted by atomic mass is 32.2. The quantitative estimate of drug-likeness (QED) is 0.559. The van der Waals surface area contributed by atoms with Gasteiger partial charge in [0.05, 0.1) is 12.0 Å². The molecule has 1 unspecified atom stereocenters. The summed E-state index contributed by atoms with van der Waals surface area (Å²) in [5.41, 5.74) is -0.445. The molecule has 0 aliphatic rings. The van der Waals surface area contributed by atoms with Crippen molar-refractivity contribution in [2.75, 3.05) is 7.11 Å². The van der Waals surface area contributed by atoms with Crippen molar-refractivity contribution in [3.8, 4) is 5.75 Å². The van der Waals surface area contributed by atoms with Crippen LogP contribution in [0.25, 0.3) is 0 Å². The average Bonchev–Trinajstić information content (AvgIpc) is 2.43. The maximum Gasteiger partial charge on any atom is 0.321 e. The van der Waals surface area contributed by atoms with Gasteiger partial charge in [-0.15, -0.1) is 0 Å². The number of benzene rings is 1. The largest absolute Gasteiger partial charge is 0.495 e. The van der Waals surface area contributed by atoms with Crippen LogP contribution in [0, 0.1) is 10.1 Å². The van der Waals surface area contributed by atoms with Gasteiger partial charge in [0.15, 0.2) is 0 Å². The maximum absolute atomic E-state index is 12.2. The predicted molar refractivity (Wildman–Crippen MR) is 71.7 cm³/mol. The lowest BCUT2D eigenvalue weighted by Crippen LogP contribution is -2.40. The standard InChI is InChI=1S/C11H14N2O7S/c1-3-8(11(14)15)12-21(18,19)10-6-7(13(16)17)4-5-9(10)20-2/h4-6,8,12H,3H2,1-2H3,(H,14,15). The fraction of sp³-hybridized carbons (Fsp3) is 0.364. The van der Waals surface area contributed by atoms with Crippen LogP contribution in [0.15, 0.2) is 23.1 Å². The SMILES string of the molecule is CCC(NS(=O)(=O)c1cc([N+](=O)[O-])ccc1OC)C(=O)O. The first-order chi connectivity index (χ1) is 9.72. The Morgan fingerprint density at radius 3 is 2.57 bits per heavy atom. The Hall–Kier alpha value is -2.20. The van der Waals surface area contributed by atoms with Gasteiger partial charge in [0.25, 0.3) is 5.69 Å². The van der Waals surface area contributed by atoms with Gasteiger partial charge in [-0.05, 0) is 12.5 Å². The molecule has 0 radical (unpaired) electrons. The minimum Gasteiger partial charge on any atom is -0.495 e. The van der Waals surface area contributed by atoms with E-state index in [1.807, 2.05) is 4.72 Å². The summed E-state index contributed by atoms with van der Waals surface area (Å²) in [7, 11) is -3.07. The molecule has 1 rings (SSSR count). The lowest BCUT2D eigenvalue weighted by molar-refractivity contribution is -0.385. The molecule has 0 spiro atoms. The zero-order chi connectivity index (χ0) is 16.2. The van der Waals surface area contributed by atoms with Gasteiger partial charge in [-0.3, -0.25) is 14.9 Å². The second-order valence-electron chi connectivity index (χ2n) is 4.01. The van der Waals surface area contributed by atoms with Crippen LogP contribution in [0.1, 0.15) is 13.3 Å². The van der Waals surface area contributed by atoms with E-state index >= 15 is 0 Å². The number of rotatable bonds is 7. The highest BCUT2D eigenvalue weighted by Gasteiger charge is 2.28. The number of carboxylic acid groups (broad SMARTS) is 1. The monoisotopic (exact) mass is 318 g/mol. The molecule has 0 saturated heterocycles. The molecule has 0 heterocycles. The molecular formula is C11H14N2O7S. The summed E-state index contributed by atoms with van der Waals surface area (Å²) in [6.07, 6.45) is 0.0196. The molecule has 2 N–H and O–H groups in total. The average molecular weight is 318 g/mol. The van der Waals surface area contributed by atoms with Gasteiger partial charge in [-0.1, -0.05) is 6.92 Å². The van der Waals surface area contributed by atoms with E-state index < -0.39 is 37.5 Å². The third-order valence-corrected chi connectivity index (χ3v) is 4.14. The van der Waals surface area contributed by atoms with Gasteiger partial charge < -0.3 is 9.84 Å². The number of nitrogens with one attached hydrogen (secondary N) is 1. The van der Waals surface area contributed by atoms with E-state index in [4.69, 9.17) is 9.84 Å². The Morgan fingerprint density at radius 1 is 1.52 bits per heavy atom. The molecule has 1 atom stereocenters.